The number of hydrogen-bond acceptors (Lipinski definition) is 3. The van der Waals surface area contributed by atoms with Crippen molar-refractivity contribution in [3.8, 4) is 0 Å². The van der Waals surface area contributed by atoms with E-state index in [4.69, 9.17) is 4.43 Å². The number of aromatic nitrogens is 1. The maximum atomic E-state index is 11.1. The van der Waals surface area contributed by atoms with Crippen LogP contribution in [0.1, 0.15) is 38.9 Å². The van der Waals surface area contributed by atoms with Gasteiger partial charge in [-0.05, 0) is 35.8 Å². The summed E-state index contributed by atoms with van der Waals surface area (Å²) in [6, 6.07) is 13.4. The zero-order chi connectivity index (χ0) is 16.0. The van der Waals surface area contributed by atoms with Gasteiger partial charge in [-0.1, -0.05) is 39.0 Å². The Hall–Kier alpha value is -1.52. The van der Waals surface area contributed by atoms with Crippen molar-refractivity contribution in [2.75, 3.05) is 0 Å². The van der Waals surface area contributed by atoms with Gasteiger partial charge in [-0.25, -0.2) is 0 Å². The highest BCUT2D eigenvalue weighted by Crippen LogP contribution is 2.32. The zero-order valence-corrected chi connectivity index (χ0v) is 14.7. The van der Waals surface area contributed by atoms with Crippen molar-refractivity contribution in [1.82, 2.24) is 4.98 Å². The summed E-state index contributed by atoms with van der Waals surface area (Å²) < 4.78 is 6.54. The van der Waals surface area contributed by atoms with Crippen LogP contribution in [0.4, 0.5) is 0 Å². The van der Waals surface area contributed by atoms with E-state index in [1.165, 1.54) is 0 Å². The molecule has 0 saturated heterocycles. The molecule has 2 rings (SSSR count). The van der Waals surface area contributed by atoms with Crippen LogP contribution in [-0.2, 0) is 9.22 Å². The molecule has 0 aliphatic heterocycles. The number of fused-ring (bicyclic) bond motifs is 1. The Morgan fingerprint density at radius 2 is 1.91 bits per heavy atom. The summed E-state index contributed by atoms with van der Waals surface area (Å²) >= 11 is 0. The fourth-order valence-corrected chi connectivity index (χ4v) is 5.76. The molecule has 0 fully saturated rings. The molecule has 0 unspecified atom stereocenters. The number of carbonyl (C=O) groups is 1. The van der Waals surface area contributed by atoms with E-state index in [1.807, 2.05) is 12.1 Å². The standard InChI is InChI=1S/C18H25NO2Si/c1-4-22(5-2,6-3)21-18(11-13-20)16-10-9-15-8-7-12-19-17(15)14-16/h7-10,12-14,18H,4-6,11H2,1-3H3/t18-/m0/s1. The van der Waals surface area contributed by atoms with Crippen molar-refractivity contribution in [3.63, 3.8) is 0 Å². The quantitative estimate of drug-likeness (QED) is 0.514. The summed E-state index contributed by atoms with van der Waals surface area (Å²) in [5.41, 5.74) is 2.02. The van der Waals surface area contributed by atoms with E-state index in [0.717, 1.165) is 40.9 Å². The lowest BCUT2D eigenvalue weighted by Gasteiger charge is -2.33. The summed E-state index contributed by atoms with van der Waals surface area (Å²) in [5.74, 6) is 0. The first kappa shape index (κ1) is 16.8. The fraction of sp³-hybridized carbons (Fsp3) is 0.444. The molecule has 0 bridgehead atoms. The van der Waals surface area contributed by atoms with E-state index in [2.05, 4.69) is 44.0 Å². The first-order valence-corrected chi connectivity index (χ1v) is 10.7. The van der Waals surface area contributed by atoms with E-state index in [1.54, 1.807) is 6.20 Å². The molecular formula is C18H25NO2Si. The van der Waals surface area contributed by atoms with Gasteiger partial charge in [-0.2, -0.15) is 0 Å². The minimum atomic E-state index is -1.75. The Labute approximate surface area is 133 Å². The van der Waals surface area contributed by atoms with Crippen LogP contribution in [-0.4, -0.2) is 19.6 Å². The van der Waals surface area contributed by atoms with Crippen LogP contribution >= 0.6 is 0 Å². The lowest BCUT2D eigenvalue weighted by molar-refractivity contribution is -0.109. The topological polar surface area (TPSA) is 39.2 Å². The first-order chi connectivity index (χ1) is 10.7. The third-order valence-corrected chi connectivity index (χ3v) is 9.29. The van der Waals surface area contributed by atoms with Crippen LogP contribution in [0, 0.1) is 0 Å². The number of aldehydes is 1. The van der Waals surface area contributed by atoms with Crippen LogP contribution in [0.2, 0.25) is 18.1 Å². The number of rotatable bonds is 8. The fourth-order valence-electron chi connectivity index (χ4n) is 2.93. The highest BCUT2D eigenvalue weighted by Gasteiger charge is 2.32. The molecule has 22 heavy (non-hydrogen) atoms. The van der Waals surface area contributed by atoms with Crippen LogP contribution in [0.15, 0.2) is 36.5 Å². The lowest BCUT2D eigenvalue weighted by Crippen LogP contribution is -2.37. The first-order valence-electron chi connectivity index (χ1n) is 8.14. The Kier molecular flexibility index (Phi) is 5.86. The van der Waals surface area contributed by atoms with E-state index in [0.29, 0.717) is 6.42 Å². The molecular weight excluding hydrogens is 290 g/mol. The molecule has 0 amide bonds. The molecule has 1 atom stereocenters. The third kappa shape index (κ3) is 3.62. The van der Waals surface area contributed by atoms with Gasteiger partial charge >= 0.3 is 0 Å². The van der Waals surface area contributed by atoms with Gasteiger partial charge < -0.3 is 9.22 Å². The molecule has 0 spiro atoms. The number of hydrogen-bond donors (Lipinski definition) is 0. The van der Waals surface area contributed by atoms with Crippen molar-refractivity contribution in [2.24, 2.45) is 0 Å². The molecule has 0 aliphatic rings. The van der Waals surface area contributed by atoms with Crippen LogP contribution in [0.5, 0.6) is 0 Å². The van der Waals surface area contributed by atoms with Crippen molar-refractivity contribution < 1.29 is 9.22 Å². The molecule has 4 heteroatoms. The van der Waals surface area contributed by atoms with Gasteiger partial charge in [0, 0.05) is 18.0 Å². The second kappa shape index (κ2) is 7.65. The van der Waals surface area contributed by atoms with Crippen LogP contribution < -0.4 is 0 Å². The molecule has 3 nitrogen and oxygen atoms in total. The lowest BCUT2D eigenvalue weighted by atomic mass is 10.0. The number of benzene rings is 1. The zero-order valence-electron chi connectivity index (χ0n) is 13.7. The molecule has 0 saturated carbocycles. The smallest absolute Gasteiger partial charge is 0.192 e. The molecule has 118 valence electrons. The molecule has 0 N–H and O–H groups in total. The predicted molar refractivity (Wildman–Crippen MR) is 93.4 cm³/mol. The van der Waals surface area contributed by atoms with Crippen LogP contribution in [0.25, 0.3) is 10.9 Å². The second-order valence-corrected chi connectivity index (χ2v) is 10.4. The molecule has 0 aliphatic carbocycles. The average Bonchev–Trinajstić information content (AvgIpc) is 2.58. The molecule has 1 aromatic heterocycles. The summed E-state index contributed by atoms with van der Waals surface area (Å²) in [7, 11) is -1.75. The van der Waals surface area contributed by atoms with E-state index in [9.17, 15) is 4.79 Å². The average molecular weight is 315 g/mol. The van der Waals surface area contributed by atoms with Gasteiger partial charge in [0.2, 0.25) is 0 Å². The van der Waals surface area contributed by atoms with Gasteiger partial charge in [-0.3, -0.25) is 4.98 Å². The highest BCUT2D eigenvalue weighted by atomic mass is 28.4. The Morgan fingerprint density at radius 1 is 1.18 bits per heavy atom. The Morgan fingerprint density at radius 3 is 2.55 bits per heavy atom. The van der Waals surface area contributed by atoms with Crippen molar-refractivity contribution in [2.45, 2.75) is 51.4 Å². The minimum absolute atomic E-state index is 0.143. The molecule has 1 heterocycles. The summed E-state index contributed by atoms with van der Waals surface area (Å²) in [6.45, 7) is 6.62. The largest absolute Gasteiger partial charge is 0.410 e. The highest BCUT2D eigenvalue weighted by molar-refractivity contribution is 6.73. The SMILES string of the molecule is CC[Si](CC)(CC)O[C@@H](CC=O)c1ccc2cccnc2c1. The predicted octanol–water partition coefficient (Wildman–Crippen LogP) is 4.89. The van der Waals surface area contributed by atoms with Crippen LogP contribution in [0.3, 0.4) is 0 Å². The van der Waals surface area contributed by atoms with Gasteiger partial charge in [0.25, 0.3) is 0 Å². The normalized spacial score (nSPS) is 13.2. The van der Waals surface area contributed by atoms with Gasteiger partial charge in [0.05, 0.1) is 11.6 Å². The van der Waals surface area contributed by atoms with Gasteiger partial charge in [0.15, 0.2) is 8.32 Å². The van der Waals surface area contributed by atoms with Gasteiger partial charge in [0.1, 0.15) is 6.29 Å². The number of nitrogens with zero attached hydrogens (tertiary/aromatic N) is 1. The van der Waals surface area contributed by atoms with Crippen molar-refractivity contribution in [3.05, 3.63) is 42.1 Å². The summed E-state index contributed by atoms with van der Waals surface area (Å²) in [5, 5.41) is 1.11. The third-order valence-electron chi connectivity index (χ3n) is 4.64. The second-order valence-electron chi connectivity index (χ2n) is 5.71. The number of carbonyl (C=O) groups excluding carboxylic acids is 1. The van der Waals surface area contributed by atoms with Gasteiger partial charge in [-0.15, -0.1) is 0 Å². The summed E-state index contributed by atoms with van der Waals surface area (Å²) in [4.78, 5) is 15.5. The Balaban J connectivity index is 2.34. The maximum absolute atomic E-state index is 11.1. The summed E-state index contributed by atoms with van der Waals surface area (Å²) in [6.07, 6.45) is 3.03. The minimum Gasteiger partial charge on any atom is -0.410 e. The van der Waals surface area contributed by atoms with Crippen molar-refractivity contribution >= 4 is 25.5 Å². The molecule has 0 radical (unpaired) electrons. The maximum Gasteiger partial charge on any atom is 0.192 e. The van der Waals surface area contributed by atoms with E-state index >= 15 is 0 Å². The molecule has 2 aromatic rings. The Bertz CT molecular complexity index is 617. The number of pyridine rings is 1. The molecule has 1 aromatic carbocycles. The van der Waals surface area contributed by atoms with E-state index < -0.39 is 8.32 Å². The monoisotopic (exact) mass is 315 g/mol. The van der Waals surface area contributed by atoms with E-state index in [-0.39, 0.29) is 6.10 Å². The van der Waals surface area contributed by atoms with Crippen molar-refractivity contribution in [1.29, 1.82) is 0 Å².